The quantitative estimate of drug-likeness (QED) is 0.113. The molecular weight excluding hydrogens is 537 g/mol. The highest BCUT2D eigenvalue weighted by molar-refractivity contribution is 14.0. The Balaban J connectivity index is 0.00000408. The number of hydrogen-bond acceptors (Lipinski definition) is 4. The van der Waals surface area contributed by atoms with E-state index < -0.39 is 0 Å². The summed E-state index contributed by atoms with van der Waals surface area (Å²) < 4.78 is 1.96. The summed E-state index contributed by atoms with van der Waals surface area (Å²) in [6.45, 7) is 10.5. The lowest BCUT2D eigenvalue weighted by Crippen LogP contribution is -2.39. The molecule has 1 heterocycles. The van der Waals surface area contributed by atoms with Crippen molar-refractivity contribution in [1.82, 2.24) is 30.3 Å². The lowest BCUT2D eigenvalue weighted by atomic mass is 10.1. The van der Waals surface area contributed by atoms with Crippen LogP contribution >= 0.6 is 24.0 Å². The van der Waals surface area contributed by atoms with Gasteiger partial charge >= 0.3 is 0 Å². The summed E-state index contributed by atoms with van der Waals surface area (Å²) in [4.78, 5) is 7.16. The minimum absolute atomic E-state index is 0. The number of aliphatic imine (C=N–C) groups is 1. The topological polar surface area (TPSA) is 70.4 Å². The van der Waals surface area contributed by atoms with Crippen LogP contribution in [-0.4, -0.2) is 45.3 Å². The Bertz CT molecular complexity index is 961. The number of aryl methyl sites for hydroxylation is 1. The van der Waals surface area contributed by atoms with Gasteiger partial charge in [0.1, 0.15) is 12.4 Å². The van der Waals surface area contributed by atoms with E-state index in [1.165, 1.54) is 11.1 Å². The zero-order chi connectivity index (χ0) is 23.3. The van der Waals surface area contributed by atoms with Crippen molar-refractivity contribution in [3.63, 3.8) is 0 Å². The number of nitrogens with zero attached hydrogens (tertiary/aromatic N) is 5. The maximum Gasteiger partial charge on any atom is 0.191 e. The largest absolute Gasteiger partial charge is 0.356 e. The van der Waals surface area contributed by atoms with E-state index in [2.05, 4.69) is 98.0 Å². The van der Waals surface area contributed by atoms with Crippen molar-refractivity contribution in [2.75, 3.05) is 19.6 Å². The second-order valence-corrected chi connectivity index (χ2v) is 8.02. The zero-order valence-electron chi connectivity index (χ0n) is 20.2. The minimum atomic E-state index is 0. The summed E-state index contributed by atoms with van der Waals surface area (Å²) in [5, 5.41) is 15.0. The molecular formula is C26H36IN7. The Morgan fingerprint density at radius 1 is 1.00 bits per heavy atom. The first kappa shape index (κ1) is 27.5. The van der Waals surface area contributed by atoms with E-state index in [1.54, 1.807) is 0 Å². The molecule has 8 heteroatoms. The third-order valence-electron chi connectivity index (χ3n) is 5.42. The Morgan fingerprint density at radius 3 is 2.15 bits per heavy atom. The van der Waals surface area contributed by atoms with Gasteiger partial charge in [0, 0.05) is 39.8 Å². The molecule has 0 spiro atoms. The maximum atomic E-state index is 4.67. The van der Waals surface area contributed by atoms with Gasteiger partial charge in [0.25, 0.3) is 0 Å². The van der Waals surface area contributed by atoms with Crippen LogP contribution in [0.15, 0.2) is 78.3 Å². The maximum absolute atomic E-state index is 4.67. The second kappa shape index (κ2) is 15.2. The van der Waals surface area contributed by atoms with Crippen molar-refractivity contribution in [2.45, 2.75) is 33.0 Å². The van der Waals surface area contributed by atoms with Gasteiger partial charge in [-0.15, -0.1) is 40.8 Å². The summed E-state index contributed by atoms with van der Waals surface area (Å²) in [5.74, 6) is 2.48. The SMILES string of the molecule is C=CCNC(=NCc1nnc(C)n1C)NCCCN(Cc1ccccc1)Cc1ccccc1.I. The Labute approximate surface area is 220 Å². The Kier molecular flexibility index (Phi) is 12.3. The van der Waals surface area contributed by atoms with E-state index in [-0.39, 0.29) is 24.0 Å². The lowest BCUT2D eigenvalue weighted by molar-refractivity contribution is 0.254. The van der Waals surface area contributed by atoms with Crippen LogP contribution < -0.4 is 10.6 Å². The van der Waals surface area contributed by atoms with Crippen molar-refractivity contribution in [1.29, 1.82) is 0 Å². The van der Waals surface area contributed by atoms with Gasteiger partial charge in [-0.1, -0.05) is 66.7 Å². The summed E-state index contributed by atoms with van der Waals surface area (Å²) in [5.41, 5.74) is 2.66. The fraction of sp³-hybridized carbons (Fsp3) is 0.346. The highest BCUT2D eigenvalue weighted by Gasteiger charge is 2.08. The van der Waals surface area contributed by atoms with Crippen LogP contribution in [-0.2, 0) is 26.7 Å². The van der Waals surface area contributed by atoms with Gasteiger partial charge in [-0.3, -0.25) is 4.90 Å². The number of nitrogens with one attached hydrogen (secondary N) is 2. The van der Waals surface area contributed by atoms with Gasteiger partial charge in [0.15, 0.2) is 11.8 Å². The summed E-state index contributed by atoms with van der Waals surface area (Å²) in [7, 11) is 1.96. The number of hydrogen-bond donors (Lipinski definition) is 2. The normalized spacial score (nSPS) is 11.2. The molecule has 34 heavy (non-hydrogen) atoms. The minimum Gasteiger partial charge on any atom is -0.356 e. The van der Waals surface area contributed by atoms with E-state index in [4.69, 9.17) is 0 Å². The molecule has 0 fully saturated rings. The highest BCUT2D eigenvalue weighted by atomic mass is 127. The van der Waals surface area contributed by atoms with Crippen LogP contribution in [0.1, 0.15) is 29.2 Å². The van der Waals surface area contributed by atoms with Gasteiger partial charge in [-0.05, 0) is 24.5 Å². The van der Waals surface area contributed by atoms with Crippen molar-refractivity contribution >= 4 is 29.9 Å². The average molecular weight is 574 g/mol. The van der Waals surface area contributed by atoms with Crippen LogP contribution in [0.25, 0.3) is 0 Å². The summed E-state index contributed by atoms with van der Waals surface area (Å²) in [6, 6.07) is 21.3. The first-order chi connectivity index (χ1) is 16.2. The molecule has 3 aromatic rings. The van der Waals surface area contributed by atoms with Crippen LogP contribution in [0.2, 0.25) is 0 Å². The Morgan fingerprint density at radius 2 is 1.62 bits per heavy atom. The highest BCUT2D eigenvalue weighted by Crippen LogP contribution is 2.10. The van der Waals surface area contributed by atoms with Crippen LogP contribution in [0.5, 0.6) is 0 Å². The third kappa shape index (κ3) is 9.26. The second-order valence-electron chi connectivity index (χ2n) is 8.02. The van der Waals surface area contributed by atoms with E-state index in [1.807, 2.05) is 24.6 Å². The number of aromatic nitrogens is 3. The summed E-state index contributed by atoms with van der Waals surface area (Å²) >= 11 is 0. The fourth-order valence-electron chi connectivity index (χ4n) is 3.49. The number of guanidine groups is 1. The molecule has 0 unspecified atom stereocenters. The predicted molar refractivity (Wildman–Crippen MR) is 150 cm³/mol. The molecule has 0 aliphatic heterocycles. The molecule has 0 saturated heterocycles. The standard InChI is InChI=1S/C26H35N7.HI/c1-4-16-27-26(29-19-25-31-30-22(2)32(25)3)28-17-11-18-33(20-23-12-7-5-8-13-23)21-24-14-9-6-10-15-24;/h4-10,12-15H,1,11,16-21H2,2-3H3,(H2,27,28,29);1H. The van der Waals surface area contributed by atoms with Crippen LogP contribution in [0.4, 0.5) is 0 Å². The lowest BCUT2D eigenvalue weighted by Gasteiger charge is -2.23. The average Bonchev–Trinajstić information content (AvgIpc) is 3.16. The smallest absolute Gasteiger partial charge is 0.191 e. The Hall–Kier alpha value is -2.72. The number of benzene rings is 2. The molecule has 0 amide bonds. The molecule has 2 aromatic carbocycles. The van der Waals surface area contributed by atoms with Crippen LogP contribution in [0, 0.1) is 6.92 Å². The molecule has 0 aliphatic carbocycles. The van der Waals surface area contributed by atoms with Crippen molar-refractivity contribution in [3.05, 3.63) is 96.1 Å². The zero-order valence-corrected chi connectivity index (χ0v) is 22.5. The van der Waals surface area contributed by atoms with E-state index in [0.717, 1.165) is 50.2 Å². The molecule has 0 aliphatic rings. The first-order valence-electron chi connectivity index (χ1n) is 11.4. The van der Waals surface area contributed by atoms with Crippen LogP contribution in [0.3, 0.4) is 0 Å². The molecule has 3 rings (SSSR count). The number of halogens is 1. The molecule has 2 N–H and O–H groups in total. The number of rotatable bonds is 12. The van der Waals surface area contributed by atoms with Gasteiger partial charge in [-0.25, -0.2) is 4.99 Å². The molecule has 0 atom stereocenters. The predicted octanol–water partition coefficient (Wildman–Crippen LogP) is 4.06. The first-order valence-corrected chi connectivity index (χ1v) is 11.4. The van der Waals surface area contributed by atoms with Gasteiger partial charge in [0.2, 0.25) is 0 Å². The van der Waals surface area contributed by atoms with Gasteiger partial charge in [-0.2, -0.15) is 0 Å². The van der Waals surface area contributed by atoms with Gasteiger partial charge < -0.3 is 15.2 Å². The van der Waals surface area contributed by atoms with Crippen molar-refractivity contribution < 1.29 is 0 Å². The molecule has 1 aromatic heterocycles. The monoisotopic (exact) mass is 573 g/mol. The molecule has 182 valence electrons. The van der Waals surface area contributed by atoms with Crippen molar-refractivity contribution in [2.24, 2.45) is 12.0 Å². The van der Waals surface area contributed by atoms with Crippen molar-refractivity contribution in [3.8, 4) is 0 Å². The molecule has 0 radical (unpaired) electrons. The van der Waals surface area contributed by atoms with E-state index in [9.17, 15) is 0 Å². The third-order valence-corrected chi connectivity index (χ3v) is 5.42. The molecule has 7 nitrogen and oxygen atoms in total. The van der Waals surface area contributed by atoms with E-state index in [0.29, 0.717) is 13.1 Å². The summed E-state index contributed by atoms with van der Waals surface area (Å²) in [6.07, 6.45) is 2.82. The molecule has 0 saturated carbocycles. The molecule has 0 bridgehead atoms. The van der Waals surface area contributed by atoms with Gasteiger partial charge in [0.05, 0.1) is 0 Å². The van der Waals surface area contributed by atoms with E-state index >= 15 is 0 Å². The fourth-order valence-corrected chi connectivity index (χ4v) is 3.49.